The summed E-state index contributed by atoms with van der Waals surface area (Å²) >= 11 is 3.41. The van der Waals surface area contributed by atoms with Crippen molar-refractivity contribution in [3.8, 4) is 0 Å². The summed E-state index contributed by atoms with van der Waals surface area (Å²) in [5, 5.41) is 7.15. The lowest BCUT2D eigenvalue weighted by atomic mass is 10.1. The Labute approximate surface area is 153 Å². The zero-order valence-corrected chi connectivity index (χ0v) is 15.0. The van der Waals surface area contributed by atoms with E-state index in [1.165, 1.54) is 12.1 Å². The average molecular weight is 402 g/mol. The molecule has 1 amide bonds. The van der Waals surface area contributed by atoms with E-state index in [1.807, 2.05) is 24.3 Å². The predicted octanol–water partition coefficient (Wildman–Crippen LogP) is 4.40. The fraction of sp³-hybridized carbons (Fsp3) is 0.158. The van der Waals surface area contributed by atoms with Gasteiger partial charge in [-0.2, -0.15) is 5.10 Å². The molecule has 0 saturated carbocycles. The van der Waals surface area contributed by atoms with E-state index in [4.69, 9.17) is 0 Å². The van der Waals surface area contributed by atoms with Crippen molar-refractivity contribution in [2.45, 2.75) is 19.4 Å². The van der Waals surface area contributed by atoms with Crippen LogP contribution >= 0.6 is 15.9 Å². The van der Waals surface area contributed by atoms with E-state index in [2.05, 4.69) is 26.3 Å². The minimum atomic E-state index is -0.273. The third kappa shape index (κ3) is 5.00. The molecule has 0 aliphatic heterocycles. The molecule has 0 spiro atoms. The van der Waals surface area contributed by atoms with E-state index in [1.54, 1.807) is 29.1 Å². The van der Waals surface area contributed by atoms with Crippen LogP contribution in [0.4, 0.5) is 10.2 Å². The maximum absolute atomic E-state index is 12.9. The first-order valence-corrected chi connectivity index (χ1v) is 8.70. The fourth-order valence-electron chi connectivity index (χ4n) is 2.44. The molecule has 0 aliphatic carbocycles. The first-order chi connectivity index (χ1) is 12.1. The Morgan fingerprint density at radius 1 is 1.04 bits per heavy atom. The molecular formula is C19H17BrFN3O. The van der Waals surface area contributed by atoms with Gasteiger partial charge < -0.3 is 5.32 Å². The lowest BCUT2D eigenvalue weighted by Gasteiger charge is -2.09. The molecule has 3 rings (SSSR count). The molecule has 0 aliphatic rings. The SMILES string of the molecule is O=C(CCc1ccc(F)cc1)Nc1ccnn1Cc1ccc(Br)cc1. The Balaban J connectivity index is 1.57. The number of amides is 1. The van der Waals surface area contributed by atoms with Crippen LogP contribution in [0.25, 0.3) is 0 Å². The average Bonchev–Trinajstić information content (AvgIpc) is 3.03. The Morgan fingerprint density at radius 3 is 2.44 bits per heavy atom. The molecule has 0 saturated heterocycles. The van der Waals surface area contributed by atoms with E-state index < -0.39 is 0 Å². The number of hydrogen-bond acceptors (Lipinski definition) is 2. The number of nitrogens with zero attached hydrogens (tertiary/aromatic N) is 2. The van der Waals surface area contributed by atoms with Gasteiger partial charge in [0.1, 0.15) is 11.6 Å². The van der Waals surface area contributed by atoms with E-state index in [-0.39, 0.29) is 11.7 Å². The van der Waals surface area contributed by atoms with Gasteiger partial charge in [0, 0.05) is 17.0 Å². The zero-order chi connectivity index (χ0) is 17.6. The Kier molecular flexibility index (Phi) is 5.60. The summed E-state index contributed by atoms with van der Waals surface area (Å²) in [6.07, 6.45) is 2.55. The maximum atomic E-state index is 12.9. The van der Waals surface area contributed by atoms with Crippen LogP contribution in [0.3, 0.4) is 0 Å². The van der Waals surface area contributed by atoms with Crippen LogP contribution in [0.1, 0.15) is 17.5 Å². The van der Waals surface area contributed by atoms with E-state index in [0.717, 1.165) is 15.6 Å². The number of benzene rings is 2. The molecule has 128 valence electrons. The van der Waals surface area contributed by atoms with Crippen molar-refractivity contribution in [1.82, 2.24) is 9.78 Å². The van der Waals surface area contributed by atoms with Gasteiger partial charge in [-0.25, -0.2) is 9.07 Å². The van der Waals surface area contributed by atoms with Crippen molar-refractivity contribution in [2.24, 2.45) is 0 Å². The number of aromatic nitrogens is 2. The normalized spacial score (nSPS) is 10.6. The summed E-state index contributed by atoms with van der Waals surface area (Å²) in [6.45, 7) is 0.577. The zero-order valence-electron chi connectivity index (χ0n) is 13.5. The monoisotopic (exact) mass is 401 g/mol. The lowest BCUT2D eigenvalue weighted by Crippen LogP contribution is -2.16. The summed E-state index contributed by atoms with van der Waals surface area (Å²) < 4.78 is 15.7. The second-order valence-corrected chi connectivity index (χ2v) is 6.59. The highest BCUT2D eigenvalue weighted by Crippen LogP contribution is 2.14. The first-order valence-electron chi connectivity index (χ1n) is 7.91. The molecule has 1 heterocycles. The maximum Gasteiger partial charge on any atom is 0.225 e. The molecule has 0 unspecified atom stereocenters. The lowest BCUT2D eigenvalue weighted by molar-refractivity contribution is -0.116. The molecule has 0 bridgehead atoms. The number of carbonyl (C=O) groups is 1. The van der Waals surface area contributed by atoms with Crippen LogP contribution < -0.4 is 5.32 Å². The van der Waals surface area contributed by atoms with Gasteiger partial charge in [0.2, 0.25) is 5.91 Å². The van der Waals surface area contributed by atoms with Crippen molar-refractivity contribution in [1.29, 1.82) is 0 Å². The quantitative estimate of drug-likeness (QED) is 0.664. The van der Waals surface area contributed by atoms with Crippen molar-refractivity contribution >= 4 is 27.7 Å². The van der Waals surface area contributed by atoms with Crippen LogP contribution in [0.5, 0.6) is 0 Å². The number of anilines is 1. The molecule has 3 aromatic rings. The highest BCUT2D eigenvalue weighted by atomic mass is 79.9. The molecule has 6 heteroatoms. The Hall–Kier alpha value is -2.47. The minimum absolute atomic E-state index is 0.0955. The third-order valence-electron chi connectivity index (χ3n) is 3.78. The molecule has 1 aromatic heterocycles. The molecule has 0 atom stereocenters. The molecule has 1 N–H and O–H groups in total. The second-order valence-electron chi connectivity index (χ2n) is 5.68. The molecule has 2 aromatic carbocycles. The Morgan fingerprint density at radius 2 is 1.72 bits per heavy atom. The topological polar surface area (TPSA) is 46.9 Å². The Bertz CT molecular complexity index is 844. The number of hydrogen-bond donors (Lipinski definition) is 1. The molecular weight excluding hydrogens is 385 g/mol. The summed E-state index contributed by atoms with van der Waals surface area (Å²) in [7, 11) is 0. The van der Waals surface area contributed by atoms with Crippen LogP contribution in [-0.4, -0.2) is 15.7 Å². The van der Waals surface area contributed by atoms with Gasteiger partial charge in [-0.1, -0.05) is 40.2 Å². The van der Waals surface area contributed by atoms with E-state index in [0.29, 0.717) is 25.2 Å². The van der Waals surface area contributed by atoms with Crippen LogP contribution in [0.15, 0.2) is 65.3 Å². The summed E-state index contributed by atoms with van der Waals surface area (Å²) in [6, 6.07) is 15.9. The van der Waals surface area contributed by atoms with Gasteiger partial charge in [-0.3, -0.25) is 4.79 Å². The largest absolute Gasteiger partial charge is 0.311 e. The smallest absolute Gasteiger partial charge is 0.225 e. The van der Waals surface area contributed by atoms with Gasteiger partial charge >= 0.3 is 0 Å². The first kappa shape index (κ1) is 17.4. The molecule has 0 fully saturated rings. The predicted molar refractivity (Wildman–Crippen MR) is 98.8 cm³/mol. The molecule has 0 radical (unpaired) electrons. The van der Waals surface area contributed by atoms with Crippen molar-refractivity contribution in [2.75, 3.05) is 5.32 Å². The van der Waals surface area contributed by atoms with Gasteiger partial charge in [0.15, 0.2) is 0 Å². The number of aryl methyl sites for hydroxylation is 1. The van der Waals surface area contributed by atoms with Crippen molar-refractivity contribution < 1.29 is 9.18 Å². The standard InChI is InChI=1S/C19H17BrFN3O/c20-16-6-1-15(2-7-16)13-24-18(11-12-22-24)23-19(25)10-5-14-3-8-17(21)9-4-14/h1-4,6-9,11-12H,5,10,13H2,(H,23,25). The van der Waals surface area contributed by atoms with Crippen LogP contribution in [0, 0.1) is 5.82 Å². The molecule has 25 heavy (non-hydrogen) atoms. The number of rotatable bonds is 6. The summed E-state index contributed by atoms with van der Waals surface area (Å²) in [5.41, 5.74) is 2.02. The minimum Gasteiger partial charge on any atom is -0.311 e. The highest BCUT2D eigenvalue weighted by Gasteiger charge is 2.08. The van der Waals surface area contributed by atoms with Crippen LogP contribution in [-0.2, 0) is 17.8 Å². The molecule has 4 nitrogen and oxygen atoms in total. The summed E-state index contributed by atoms with van der Waals surface area (Å²) in [5.74, 6) is 0.291. The van der Waals surface area contributed by atoms with Crippen LogP contribution in [0.2, 0.25) is 0 Å². The van der Waals surface area contributed by atoms with Crippen molar-refractivity contribution in [3.63, 3.8) is 0 Å². The fourth-order valence-corrected chi connectivity index (χ4v) is 2.71. The van der Waals surface area contributed by atoms with Gasteiger partial charge in [-0.15, -0.1) is 0 Å². The summed E-state index contributed by atoms with van der Waals surface area (Å²) in [4.78, 5) is 12.2. The van der Waals surface area contributed by atoms with Gasteiger partial charge in [0.25, 0.3) is 0 Å². The van der Waals surface area contributed by atoms with Gasteiger partial charge in [-0.05, 0) is 41.8 Å². The van der Waals surface area contributed by atoms with E-state index in [9.17, 15) is 9.18 Å². The second kappa shape index (κ2) is 8.07. The highest BCUT2D eigenvalue weighted by molar-refractivity contribution is 9.10. The van der Waals surface area contributed by atoms with Gasteiger partial charge in [0.05, 0.1) is 12.7 Å². The van der Waals surface area contributed by atoms with E-state index >= 15 is 0 Å². The number of nitrogens with one attached hydrogen (secondary N) is 1. The number of carbonyl (C=O) groups excluding carboxylic acids is 1. The number of halogens is 2. The van der Waals surface area contributed by atoms with Crippen molar-refractivity contribution in [3.05, 3.63) is 82.2 Å². The third-order valence-corrected chi connectivity index (χ3v) is 4.31.